The molecule has 0 aromatic heterocycles. The summed E-state index contributed by atoms with van der Waals surface area (Å²) in [5.74, 6) is 1.09. The Hall–Kier alpha value is -0.830. The molecule has 0 radical (unpaired) electrons. The average molecular weight is 153 g/mol. The lowest BCUT2D eigenvalue weighted by molar-refractivity contribution is 0.453. The number of piperazine rings is 1. The van der Waals surface area contributed by atoms with E-state index in [0.29, 0.717) is 0 Å². The molecule has 1 aliphatic heterocycles. The average Bonchev–Trinajstić information content (AvgIpc) is 2.04. The summed E-state index contributed by atoms with van der Waals surface area (Å²) in [7, 11) is 1.82. The third-order valence-corrected chi connectivity index (χ3v) is 1.83. The minimum atomic E-state index is 0.864. The first-order valence-corrected chi connectivity index (χ1v) is 3.85. The predicted octanol–water partition coefficient (Wildman–Crippen LogP) is 0.454. The highest BCUT2D eigenvalue weighted by Gasteiger charge is 2.14. The normalized spacial score (nSPS) is 22.4. The largest absolute Gasteiger partial charge is 0.332 e. The van der Waals surface area contributed by atoms with Crippen molar-refractivity contribution in [1.82, 2.24) is 10.2 Å². The van der Waals surface area contributed by atoms with Crippen LogP contribution in [0, 0.1) is 0 Å². The molecule has 1 fully saturated rings. The van der Waals surface area contributed by atoms with Crippen LogP contribution >= 0.6 is 0 Å². The number of hydrogen-bond acceptors (Lipinski definition) is 2. The third-order valence-electron chi connectivity index (χ3n) is 1.83. The second-order valence-corrected chi connectivity index (χ2v) is 2.70. The van der Waals surface area contributed by atoms with Crippen LogP contribution in [0.25, 0.3) is 0 Å². The lowest BCUT2D eigenvalue weighted by atomic mass is 10.3. The van der Waals surface area contributed by atoms with Crippen molar-refractivity contribution in [3.8, 4) is 0 Å². The number of aliphatic imine (C=N–C) groups is 1. The number of rotatable bonds is 1. The molecule has 1 heterocycles. The highest BCUT2D eigenvalue weighted by molar-refractivity contribution is 5.86. The Bertz CT molecular complexity index is 184. The quantitative estimate of drug-likeness (QED) is 0.592. The Morgan fingerprint density at radius 3 is 2.91 bits per heavy atom. The molecule has 3 nitrogen and oxygen atoms in total. The van der Waals surface area contributed by atoms with Crippen LogP contribution < -0.4 is 5.32 Å². The van der Waals surface area contributed by atoms with Crippen LogP contribution in [0.1, 0.15) is 6.92 Å². The van der Waals surface area contributed by atoms with Gasteiger partial charge in [-0.05, 0) is 6.92 Å². The summed E-state index contributed by atoms with van der Waals surface area (Å²) in [6, 6.07) is 0. The monoisotopic (exact) mass is 153 g/mol. The van der Waals surface area contributed by atoms with Gasteiger partial charge in [0, 0.05) is 25.8 Å². The van der Waals surface area contributed by atoms with E-state index in [-0.39, 0.29) is 0 Å². The summed E-state index contributed by atoms with van der Waals surface area (Å²) in [6.07, 6.45) is 0. The molecule has 0 spiro atoms. The Balaban J connectivity index is 2.67. The van der Waals surface area contributed by atoms with Gasteiger partial charge >= 0.3 is 0 Å². The lowest BCUT2D eigenvalue weighted by Crippen LogP contribution is -2.46. The predicted molar refractivity (Wildman–Crippen MR) is 47.7 cm³/mol. The smallest absolute Gasteiger partial charge is 0.117 e. The zero-order valence-electron chi connectivity index (χ0n) is 7.22. The number of nitrogens with zero attached hydrogens (tertiary/aromatic N) is 2. The zero-order chi connectivity index (χ0) is 8.27. The molecule has 0 aromatic carbocycles. The molecular weight excluding hydrogens is 138 g/mol. The fourth-order valence-electron chi connectivity index (χ4n) is 1.23. The molecule has 0 atom stereocenters. The highest BCUT2D eigenvalue weighted by atomic mass is 15.2. The molecule has 62 valence electrons. The number of amidine groups is 1. The first kappa shape index (κ1) is 8.27. The fraction of sp³-hybridized carbons (Fsp3) is 0.625. The van der Waals surface area contributed by atoms with Gasteiger partial charge in [0.25, 0.3) is 0 Å². The second kappa shape index (κ2) is 3.53. The SMILES string of the molecule is C=C(C)N1CCNCC1=NC. The molecule has 1 saturated heterocycles. The van der Waals surface area contributed by atoms with Gasteiger partial charge in [-0.1, -0.05) is 6.58 Å². The van der Waals surface area contributed by atoms with Crippen molar-refractivity contribution >= 4 is 5.84 Å². The lowest BCUT2D eigenvalue weighted by Gasteiger charge is -2.30. The summed E-state index contributed by atoms with van der Waals surface area (Å²) in [5, 5.41) is 3.26. The van der Waals surface area contributed by atoms with Gasteiger partial charge < -0.3 is 10.2 Å². The number of allylic oxidation sites excluding steroid dienone is 1. The Morgan fingerprint density at radius 2 is 2.45 bits per heavy atom. The van der Waals surface area contributed by atoms with Crippen LogP contribution in [0.2, 0.25) is 0 Å². The summed E-state index contributed by atoms with van der Waals surface area (Å²) in [6.45, 7) is 8.78. The van der Waals surface area contributed by atoms with Crippen molar-refractivity contribution in [2.24, 2.45) is 4.99 Å². The molecular formula is C8H15N3. The van der Waals surface area contributed by atoms with Crippen molar-refractivity contribution in [3.63, 3.8) is 0 Å². The fourth-order valence-corrected chi connectivity index (χ4v) is 1.23. The zero-order valence-corrected chi connectivity index (χ0v) is 7.22. The van der Waals surface area contributed by atoms with Crippen molar-refractivity contribution in [3.05, 3.63) is 12.3 Å². The molecule has 0 amide bonds. The molecule has 11 heavy (non-hydrogen) atoms. The second-order valence-electron chi connectivity index (χ2n) is 2.70. The van der Waals surface area contributed by atoms with Gasteiger partial charge in [0.1, 0.15) is 5.84 Å². The van der Waals surface area contributed by atoms with Crippen molar-refractivity contribution in [2.75, 3.05) is 26.7 Å². The van der Waals surface area contributed by atoms with E-state index in [9.17, 15) is 0 Å². The first-order valence-electron chi connectivity index (χ1n) is 3.85. The maximum atomic E-state index is 4.17. The van der Waals surface area contributed by atoms with E-state index in [2.05, 4.69) is 21.8 Å². The Labute approximate surface area is 67.8 Å². The van der Waals surface area contributed by atoms with E-state index in [1.165, 1.54) is 0 Å². The van der Waals surface area contributed by atoms with Crippen LogP contribution in [-0.2, 0) is 0 Å². The van der Waals surface area contributed by atoms with Crippen molar-refractivity contribution in [1.29, 1.82) is 0 Å². The molecule has 0 bridgehead atoms. The molecule has 0 unspecified atom stereocenters. The molecule has 0 saturated carbocycles. The summed E-state index contributed by atoms with van der Waals surface area (Å²) < 4.78 is 0. The molecule has 0 aliphatic carbocycles. The molecule has 3 heteroatoms. The van der Waals surface area contributed by atoms with Gasteiger partial charge in [-0.25, -0.2) is 0 Å². The molecule has 1 aliphatic rings. The molecule has 0 aromatic rings. The number of nitrogens with one attached hydrogen (secondary N) is 1. The van der Waals surface area contributed by atoms with Crippen LogP contribution in [0.15, 0.2) is 17.3 Å². The van der Waals surface area contributed by atoms with Crippen LogP contribution in [-0.4, -0.2) is 37.4 Å². The summed E-state index contributed by atoms with van der Waals surface area (Å²) in [4.78, 5) is 6.32. The minimum absolute atomic E-state index is 0.864. The van der Waals surface area contributed by atoms with Gasteiger partial charge in [-0.3, -0.25) is 4.99 Å². The molecule has 1 N–H and O–H groups in total. The highest BCUT2D eigenvalue weighted by Crippen LogP contribution is 2.03. The van der Waals surface area contributed by atoms with Gasteiger partial charge in [-0.2, -0.15) is 0 Å². The van der Waals surface area contributed by atoms with Gasteiger partial charge in [-0.15, -0.1) is 0 Å². The van der Waals surface area contributed by atoms with E-state index in [1.54, 1.807) is 0 Å². The van der Waals surface area contributed by atoms with Crippen molar-refractivity contribution in [2.45, 2.75) is 6.92 Å². The van der Waals surface area contributed by atoms with Crippen molar-refractivity contribution < 1.29 is 0 Å². The van der Waals surface area contributed by atoms with E-state index in [0.717, 1.165) is 31.2 Å². The van der Waals surface area contributed by atoms with E-state index in [4.69, 9.17) is 0 Å². The maximum absolute atomic E-state index is 4.17. The first-order chi connectivity index (χ1) is 5.25. The topological polar surface area (TPSA) is 27.6 Å². The number of hydrogen-bond donors (Lipinski definition) is 1. The standard InChI is InChI=1S/C8H15N3/c1-7(2)11-5-4-10-6-8(11)9-3/h10H,1,4-6H2,2-3H3. The summed E-state index contributed by atoms with van der Waals surface area (Å²) in [5.41, 5.74) is 1.08. The van der Waals surface area contributed by atoms with Crippen LogP contribution in [0.3, 0.4) is 0 Å². The van der Waals surface area contributed by atoms with Crippen LogP contribution in [0.5, 0.6) is 0 Å². The third kappa shape index (κ3) is 1.80. The minimum Gasteiger partial charge on any atom is -0.332 e. The van der Waals surface area contributed by atoms with Gasteiger partial charge in [0.2, 0.25) is 0 Å². The summed E-state index contributed by atoms with van der Waals surface area (Å²) >= 11 is 0. The maximum Gasteiger partial charge on any atom is 0.117 e. The van der Waals surface area contributed by atoms with E-state index in [1.807, 2.05) is 14.0 Å². The van der Waals surface area contributed by atoms with E-state index >= 15 is 0 Å². The molecule has 1 rings (SSSR count). The Morgan fingerprint density at radius 1 is 1.73 bits per heavy atom. The van der Waals surface area contributed by atoms with Crippen LogP contribution in [0.4, 0.5) is 0 Å². The van der Waals surface area contributed by atoms with E-state index < -0.39 is 0 Å². The van der Waals surface area contributed by atoms with Gasteiger partial charge in [0.05, 0.1) is 6.54 Å². The Kier molecular flexibility index (Phi) is 2.65. The van der Waals surface area contributed by atoms with Gasteiger partial charge in [0.15, 0.2) is 0 Å².